The highest BCUT2D eigenvalue weighted by atomic mass is 19.1. The van der Waals surface area contributed by atoms with Gasteiger partial charge < -0.3 is 14.2 Å². The van der Waals surface area contributed by atoms with E-state index in [2.05, 4.69) is 0 Å². The quantitative estimate of drug-likeness (QED) is 0.843. The molecule has 19 heavy (non-hydrogen) atoms. The number of rotatable bonds is 4. The summed E-state index contributed by atoms with van der Waals surface area (Å²) in [7, 11) is 4.64. The first kappa shape index (κ1) is 13.2. The number of hydrogen-bond acceptors (Lipinski definition) is 3. The molecule has 2 rings (SSSR count). The van der Waals surface area contributed by atoms with Crippen molar-refractivity contribution < 1.29 is 18.6 Å². The van der Waals surface area contributed by atoms with Gasteiger partial charge in [0.05, 0.1) is 21.3 Å². The Kier molecular flexibility index (Phi) is 3.90. The van der Waals surface area contributed by atoms with Crippen LogP contribution in [0.3, 0.4) is 0 Å². The van der Waals surface area contributed by atoms with Crippen molar-refractivity contribution in [1.29, 1.82) is 0 Å². The summed E-state index contributed by atoms with van der Waals surface area (Å²) < 4.78 is 29.1. The first-order chi connectivity index (χ1) is 9.19. The largest absolute Gasteiger partial charge is 0.493 e. The van der Waals surface area contributed by atoms with Gasteiger partial charge in [-0.15, -0.1) is 0 Å². The molecule has 0 aliphatic heterocycles. The molecule has 0 aromatic heterocycles. The molecule has 2 aromatic rings. The molecule has 2 aromatic carbocycles. The minimum atomic E-state index is -0.286. The molecular weight excluding hydrogens is 247 g/mol. The minimum Gasteiger partial charge on any atom is -0.493 e. The summed E-state index contributed by atoms with van der Waals surface area (Å²) in [5.74, 6) is 1.32. The van der Waals surface area contributed by atoms with Crippen molar-refractivity contribution in [2.24, 2.45) is 0 Å². The molecule has 0 heterocycles. The van der Waals surface area contributed by atoms with Crippen LogP contribution in [-0.4, -0.2) is 21.3 Å². The molecule has 0 saturated carbocycles. The van der Waals surface area contributed by atoms with E-state index in [1.165, 1.54) is 12.1 Å². The Hall–Kier alpha value is -2.23. The van der Waals surface area contributed by atoms with Gasteiger partial charge in [0, 0.05) is 0 Å². The molecule has 0 unspecified atom stereocenters. The van der Waals surface area contributed by atoms with E-state index >= 15 is 0 Å². The van der Waals surface area contributed by atoms with Crippen molar-refractivity contribution >= 4 is 0 Å². The maximum Gasteiger partial charge on any atom is 0.203 e. The van der Waals surface area contributed by atoms with E-state index < -0.39 is 0 Å². The van der Waals surface area contributed by atoms with E-state index in [1.54, 1.807) is 39.5 Å². The summed E-state index contributed by atoms with van der Waals surface area (Å²) in [5, 5.41) is 0. The zero-order valence-electron chi connectivity index (χ0n) is 11.1. The van der Waals surface area contributed by atoms with Gasteiger partial charge in [0.2, 0.25) is 5.75 Å². The Labute approximate surface area is 111 Å². The monoisotopic (exact) mass is 262 g/mol. The van der Waals surface area contributed by atoms with Crippen LogP contribution >= 0.6 is 0 Å². The SMILES string of the molecule is COc1cc(-c2cccc(F)c2)cc(OC)c1OC. The summed E-state index contributed by atoms with van der Waals surface area (Å²) in [5.41, 5.74) is 1.55. The van der Waals surface area contributed by atoms with Crippen molar-refractivity contribution in [3.05, 3.63) is 42.2 Å². The summed E-state index contributed by atoms with van der Waals surface area (Å²) in [6, 6.07) is 9.92. The molecule has 0 aliphatic carbocycles. The summed E-state index contributed by atoms with van der Waals surface area (Å²) >= 11 is 0. The minimum absolute atomic E-state index is 0.286. The molecule has 4 heteroatoms. The molecule has 0 bridgehead atoms. The van der Waals surface area contributed by atoms with Crippen LogP contribution in [0.1, 0.15) is 0 Å². The number of hydrogen-bond donors (Lipinski definition) is 0. The third-order valence-corrected chi connectivity index (χ3v) is 2.82. The fraction of sp³-hybridized carbons (Fsp3) is 0.200. The lowest BCUT2D eigenvalue weighted by Gasteiger charge is -2.14. The van der Waals surface area contributed by atoms with Gasteiger partial charge >= 0.3 is 0 Å². The normalized spacial score (nSPS) is 10.1. The van der Waals surface area contributed by atoms with Crippen LogP contribution in [0, 0.1) is 5.82 Å². The van der Waals surface area contributed by atoms with Crippen molar-refractivity contribution in [2.75, 3.05) is 21.3 Å². The van der Waals surface area contributed by atoms with Crippen LogP contribution in [0.5, 0.6) is 17.2 Å². The molecule has 100 valence electrons. The van der Waals surface area contributed by atoms with Gasteiger partial charge in [-0.25, -0.2) is 4.39 Å². The Morgan fingerprint density at radius 2 is 1.42 bits per heavy atom. The average molecular weight is 262 g/mol. The van der Waals surface area contributed by atoms with E-state index in [1.807, 2.05) is 6.07 Å². The number of methoxy groups -OCH3 is 3. The van der Waals surface area contributed by atoms with Crippen molar-refractivity contribution in [3.63, 3.8) is 0 Å². The Morgan fingerprint density at radius 1 is 0.789 bits per heavy atom. The van der Waals surface area contributed by atoms with Gasteiger partial charge in [-0.2, -0.15) is 0 Å². The van der Waals surface area contributed by atoms with Crippen LogP contribution in [0.15, 0.2) is 36.4 Å². The number of benzene rings is 2. The molecule has 0 radical (unpaired) electrons. The average Bonchev–Trinajstić information content (AvgIpc) is 2.45. The fourth-order valence-electron chi connectivity index (χ4n) is 1.92. The molecule has 0 amide bonds. The van der Waals surface area contributed by atoms with Gasteiger partial charge in [-0.1, -0.05) is 12.1 Å². The van der Waals surface area contributed by atoms with E-state index in [0.717, 1.165) is 11.1 Å². The second kappa shape index (κ2) is 5.61. The van der Waals surface area contributed by atoms with Crippen LogP contribution in [0.25, 0.3) is 11.1 Å². The Morgan fingerprint density at radius 3 is 1.89 bits per heavy atom. The fourth-order valence-corrected chi connectivity index (χ4v) is 1.92. The number of ether oxygens (including phenoxy) is 3. The lowest BCUT2D eigenvalue weighted by atomic mass is 10.0. The third kappa shape index (κ3) is 2.62. The molecule has 0 fully saturated rings. The molecule has 0 saturated heterocycles. The first-order valence-corrected chi connectivity index (χ1v) is 5.75. The predicted molar refractivity (Wildman–Crippen MR) is 71.5 cm³/mol. The van der Waals surface area contributed by atoms with E-state index in [0.29, 0.717) is 17.2 Å². The van der Waals surface area contributed by atoms with Crippen molar-refractivity contribution in [2.45, 2.75) is 0 Å². The standard InChI is InChI=1S/C15H15FO3/c1-17-13-8-11(9-14(18-2)15(13)19-3)10-5-4-6-12(16)7-10/h4-9H,1-3H3. The predicted octanol–water partition coefficient (Wildman–Crippen LogP) is 3.52. The van der Waals surface area contributed by atoms with Gasteiger partial charge in [0.15, 0.2) is 11.5 Å². The molecule has 3 nitrogen and oxygen atoms in total. The van der Waals surface area contributed by atoms with Gasteiger partial charge in [-0.05, 0) is 35.4 Å². The van der Waals surface area contributed by atoms with Crippen LogP contribution in [0.4, 0.5) is 4.39 Å². The number of halogens is 1. The summed E-state index contributed by atoms with van der Waals surface area (Å²) in [4.78, 5) is 0. The van der Waals surface area contributed by atoms with Crippen LogP contribution in [-0.2, 0) is 0 Å². The van der Waals surface area contributed by atoms with Crippen LogP contribution in [0.2, 0.25) is 0 Å². The highest BCUT2D eigenvalue weighted by Gasteiger charge is 2.14. The third-order valence-electron chi connectivity index (χ3n) is 2.82. The van der Waals surface area contributed by atoms with E-state index in [4.69, 9.17) is 14.2 Å². The smallest absolute Gasteiger partial charge is 0.203 e. The molecule has 0 spiro atoms. The topological polar surface area (TPSA) is 27.7 Å². The lowest BCUT2D eigenvalue weighted by molar-refractivity contribution is 0.324. The zero-order valence-corrected chi connectivity index (χ0v) is 11.1. The maximum absolute atomic E-state index is 13.3. The highest BCUT2D eigenvalue weighted by molar-refractivity contribution is 5.71. The molecule has 0 N–H and O–H groups in total. The Bertz CT molecular complexity index is 556. The highest BCUT2D eigenvalue weighted by Crippen LogP contribution is 2.41. The zero-order chi connectivity index (χ0) is 13.8. The van der Waals surface area contributed by atoms with Gasteiger partial charge in [0.25, 0.3) is 0 Å². The second-order valence-corrected chi connectivity index (χ2v) is 3.92. The Balaban J connectivity index is 2.59. The molecule has 0 atom stereocenters. The lowest BCUT2D eigenvalue weighted by Crippen LogP contribution is -1.95. The van der Waals surface area contributed by atoms with Crippen molar-refractivity contribution in [3.8, 4) is 28.4 Å². The summed E-state index contributed by atoms with van der Waals surface area (Å²) in [6.45, 7) is 0. The molecular formula is C15H15FO3. The molecule has 0 aliphatic rings. The first-order valence-electron chi connectivity index (χ1n) is 5.75. The van der Waals surface area contributed by atoms with Crippen LogP contribution < -0.4 is 14.2 Å². The summed E-state index contributed by atoms with van der Waals surface area (Å²) in [6.07, 6.45) is 0. The van der Waals surface area contributed by atoms with Gasteiger partial charge in [-0.3, -0.25) is 0 Å². The second-order valence-electron chi connectivity index (χ2n) is 3.92. The maximum atomic E-state index is 13.3. The van der Waals surface area contributed by atoms with Gasteiger partial charge in [0.1, 0.15) is 5.82 Å². The van der Waals surface area contributed by atoms with Crippen molar-refractivity contribution in [1.82, 2.24) is 0 Å². The van der Waals surface area contributed by atoms with E-state index in [9.17, 15) is 4.39 Å². The van der Waals surface area contributed by atoms with E-state index in [-0.39, 0.29) is 5.82 Å².